The average Bonchev–Trinajstić information content (AvgIpc) is 2.60. The lowest BCUT2D eigenvalue weighted by Gasteiger charge is -2.36. The van der Waals surface area contributed by atoms with E-state index in [0.29, 0.717) is 6.04 Å². The van der Waals surface area contributed by atoms with Crippen LogP contribution in [0.4, 0.5) is 0 Å². The fourth-order valence-electron chi connectivity index (χ4n) is 4.31. The van der Waals surface area contributed by atoms with Gasteiger partial charge in [0.1, 0.15) is 0 Å². The van der Waals surface area contributed by atoms with E-state index < -0.39 is 69.0 Å². The maximum atomic E-state index is 11.5. The number of nitrogens with zero attached hydrogens (tertiary/aromatic N) is 1. The first-order chi connectivity index (χ1) is 17.7. The van der Waals surface area contributed by atoms with Gasteiger partial charge in [-0.3, -0.25) is 0 Å². The van der Waals surface area contributed by atoms with Gasteiger partial charge in [-0.15, -0.1) is 0 Å². The second kappa shape index (κ2) is 17.2. The molecule has 0 aliphatic carbocycles. The molecule has 0 amide bonds. The van der Waals surface area contributed by atoms with Gasteiger partial charge in [0.25, 0.3) is 0 Å². The van der Waals surface area contributed by atoms with Gasteiger partial charge < -0.3 is 35.1 Å². The Hall–Kier alpha value is 1.42. The van der Waals surface area contributed by atoms with Crippen molar-refractivity contribution in [3.8, 4) is 0 Å². The zero-order valence-corrected chi connectivity index (χ0v) is 37.2. The highest BCUT2D eigenvalue weighted by atomic mass is 28.5. The second-order valence-electron chi connectivity index (χ2n) is 15.9. The molecule has 0 saturated heterocycles. The topological polar surface area (TPSA) is 89.9 Å². The number of hydrogen-bond donors (Lipinski definition) is 2. The summed E-state index contributed by atoms with van der Waals surface area (Å²) in [6.45, 7) is 35.4. The van der Waals surface area contributed by atoms with Crippen LogP contribution in [0.25, 0.3) is 0 Å². The van der Waals surface area contributed by atoms with Crippen molar-refractivity contribution in [2.45, 2.75) is 136 Å². The SMILES string of the molecule is C[Si](C)(C)O[SiH](O)CCCN(CCC[SiH](O[Si](C)(C)C)O[Si](C)(C)C)CCC[Si](O)(O[Si](C)(C)C)O[Si](C)(C)C. The predicted molar refractivity (Wildman–Crippen MR) is 191 cm³/mol. The van der Waals surface area contributed by atoms with Gasteiger partial charge >= 0.3 is 27.4 Å². The van der Waals surface area contributed by atoms with E-state index in [1.807, 2.05) is 0 Å². The summed E-state index contributed by atoms with van der Waals surface area (Å²) in [5.74, 6) is 0. The van der Waals surface area contributed by atoms with E-state index in [0.717, 1.165) is 51.0 Å². The molecule has 0 radical (unpaired) electrons. The molecular weight excluding hydrogens is 639 g/mol. The van der Waals surface area contributed by atoms with E-state index in [4.69, 9.17) is 20.6 Å². The van der Waals surface area contributed by atoms with Crippen LogP contribution in [0.2, 0.25) is 116 Å². The lowest BCUT2D eigenvalue weighted by Crippen LogP contribution is -2.55. The molecule has 242 valence electrons. The predicted octanol–water partition coefficient (Wildman–Crippen LogP) is 6.08. The normalized spacial score (nSPS) is 15.4. The molecule has 0 aromatic rings. The van der Waals surface area contributed by atoms with Crippen molar-refractivity contribution in [1.29, 1.82) is 0 Å². The lowest BCUT2D eigenvalue weighted by molar-refractivity contribution is 0.230. The second-order valence-corrected chi connectivity index (χ2v) is 46.4. The molecule has 1 unspecified atom stereocenters. The van der Waals surface area contributed by atoms with Gasteiger partial charge in [0.2, 0.25) is 0 Å². The summed E-state index contributed by atoms with van der Waals surface area (Å²) in [6, 6.07) is 2.37. The van der Waals surface area contributed by atoms with E-state index in [1.165, 1.54) is 0 Å². The number of rotatable bonds is 22. The fourth-order valence-corrected chi connectivity index (χ4v) is 26.6. The molecule has 0 aromatic carbocycles. The smallest absolute Gasteiger partial charge is 0.439 e. The highest BCUT2D eigenvalue weighted by Gasteiger charge is 2.44. The number of hydrogen-bond acceptors (Lipinski definition) is 8. The molecule has 2 N–H and O–H groups in total. The van der Waals surface area contributed by atoms with Gasteiger partial charge in [-0.25, -0.2) is 0 Å². The molecule has 8 nitrogen and oxygen atoms in total. The minimum Gasteiger partial charge on any atom is -0.439 e. The van der Waals surface area contributed by atoms with Crippen molar-refractivity contribution in [2.24, 2.45) is 0 Å². The van der Waals surface area contributed by atoms with E-state index in [9.17, 15) is 9.59 Å². The van der Waals surface area contributed by atoms with Crippen LogP contribution in [0, 0.1) is 0 Å². The molecule has 0 saturated carbocycles. The average molecular weight is 706 g/mol. The Morgan fingerprint density at radius 3 is 1.27 bits per heavy atom. The van der Waals surface area contributed by atoms with Crippen LogP contribution in [-0.4, -0.2) is 103 Å². The Morgan fingerprint density at radius 1 is 0.525 bits per heavy atom. The molecule has 0 spiro atoms. The van der Waals surface area contributed by atoms with Crippen molar-refractivity contribution in [2.75, 3.05) is 19.6 Å². The van der Waals surface area contributed by atoms with Crippen LogP contribution >= 0.6 is 0 Å². The summed E-state index contributed by atoms with van der Waals surface area (Å²) < 4.78 is 31.7. The van der Waals surface area contributed by atoms with Crippen LogP contribution < -0.4 is 0 Å². The van der Waals surface area contributed by atoms with Gasteiger partial charge in [-0.2, -0.15) is 0 Å². The quantitative estimate of drug-likeness (QED) is 0.131. The molecule has 0 fully saturated rings. The maximum absolute atomic E-state index is 11.5. The molecule has 1 atom stereocenters. The third-order valence-corrected chi connectivity index (χ3v) is 27.1. The first-order valence-corrected chi connectivity index (χ1v) is 37.8. The Kier molecular flexibility index (Phi) is 17.8. The monoisotopic (exact) mass is 705 g/mol. The van der Waals surface area contributed by atoms with Gasteiger partial charge in [0.05, 0.1) is 0 Å². The summed E-state index contributed by atoms with van der Waals surface area (Å²) in [5, 5.41) is 0. The van der Waals surface area contributed by atoms with Gasteiger partial charge in [-0.1, -0.05) is 0 Å². The summed E-state index contributed by atoms with van der Waals surface area (Å²) in [5.41, 5.74) is 0. The zero-order valence-electron chi connectivity index (χ0n) is 28.9. The van der Waals surface area contributed by atoms with E-state index >= 15 is 0 Å². The molecule has 40 heavy (non-hydrogen) atoms. The fraction of sp³-hybridized carbons (Fsp3) is 1.00. The zero-order chi connectivity index (χ0) is 31.6. The van der Waals surface area contributed by atoms with Crippen LogP contribution in [0.1, 0.15) is 19.3 Å². The third kappa shape index (κ3) is 25.9. The maximum Gasteiger partial charge on any atom is 0.477 e. The van der Waals surface area contributed by atoms with Crippen molar-refractivity contribution < 1.29 is 30.2 Å². The van der Waals surface area contributed by atoms with Crippen LogP contribution in [0.5, 0.6) is 0 Å². The third-order valence-electron chi connectivity index (χ3n) is 5.20. The molecule has 0 aliphatic heterocycles. The molecule has 16 heteroatoms. The Bertz CT molecular complexity index is 672. The molecule has 0 aliphatic rings. The summed E-state index contributed by atoms with van der Waals surface area (Å²) in [7, 11) is -16.1. The van der Waals surface area contributed by atoms with Gasteiger partial charge in [0, 0.05) is 6.04 Å². The standard InChI is InChI=1S/C24H67NO7Si8/c1-35(2,3)28-33(26)22-16-19-25(20-17-23-34(29-36(4,5)6)30-37(7,8)9)21-18-24-40(27,31-38(10,11)12)32-39(13,14)15/h26-27,33-34H,16-24H2,1-15H3. The first kappa shape index (κ1) is 41.4. The Balaban J connectivity index is 5.35. The van der Waals surface area contributed by atoms with Crippen LogP contribution in [0.15, 0.2) is 0 Å². The van der Waals surface area contributed by atoms with Crippen molar-refractivity contribution >= 4 is 69.0 Å². The van der Waals surface area contributed by atoms with E-state index in [-0.39, 0.29) is 0 Å². The summed E-state index contributed by atoms with van der Waals surface area (Å²) >= 11 is 0. The van der Waals surface area contributed by atoms with Crippen molar-refractivity contribution in [1.82, 2.24) is 4.90 Å². The molecule has 0 rings (SSSR count). The minimum absolute atomic E-state index is 0.586. The van der Waals surface area contributed by atoms with Crippen LogP contribution in [-0.2, 0) is 20.6 Å². The Labute approximate surface area is 258 Å². The van der Waals surface area contributed by atoms with Crippen molar-refractivity contribution in [3.63, 3.8) is 0 Å². The lowest BCUT2D eigenvalue weighted by atomic mass is 10.3. The van der Waals surface area contributed by atoms with Gasteiger partial charge in [0.15, 0.2) is 41.6 Å². The summed E-state index contributed by atoms with van der Waals surface area (Å²) in [6.07, 6.45) is 2.80. The largest absolute Gasteiger partial charge is 0.477 e. The van der Waals surface area contributed by atoms with E-state index in [1.54, 1.807) is 0 Å². The minimum atomic E-state index is -3.24. The Morgan fingerprint density at radius 2 is 0.900 bits per heavy atom. The first-order valence-electron chi connectivity index (χ1n) is 15.2. The summed E-state index contributed by atoms with van der Waals surface area (Å²) in [4.78, 5) is 24.5. The molecular formula is C24H67NO7Si8. The molecule has 0 bridgehead atoms. The molecule has 0 aromatic heterocycles. The van der Waals surface area contributed by atoms with Gasteiger partial charge in [-0.05, 0) is 149 Å². The highest BCUT2D eigenvalue weighted by Crippen LogP contribution is 2.24. The van der Waals surface area contributed by atoms with E-state index in [2.05, 4.69) is 103 Å². The molecule has 0 heterocycles. The van der Waals surface area contributed by atoms with Crippen molar-refractivity contribution in [3.05, 3.63) is 0 Å². The van der Waals surface area contributed by atoms with Crippen LogP contribution in [0.3, 0.4) is 0 Å². The highest BCUT2D eigenvalue weighted by molar-refractivity contribution is 6.85.